The molecular formula is C5H8FNO. The number of nitrogens with zero attached hydrogens (tertiary/aromatic N) is 1. The molecule has 1 N–H and O–H groups in total. The topological polar surface area (TPSA) is 23.5 Å². The van der Waals surface area contributed by atoms with Crippen molar-refractivity contribution in [1.82, 2.24) is 5.06 Å². The number of rotatable bonds is 2. The molecule has 0 aromatic heterocycles. The largest absolute Gasteiger partial charge is 0.287 e. The predicted octanol–water partition coefficient (Wildman–Crippen LogP) is 1.30. The SMILES string of the molecule is C=C/C=C(/F)N(C)O. The van der Waals surface area contributed by atoms with Crippen LogP contribution in [-0.2, 0) is 0 Å². The van der Waals surface area contributed by atoms with Crippen LogP contribution < -0.4 is 0 Å². The van der Waals surface area contributed by atoms with Crippen LogP contribution in [0.4, 0.5) is 4.39 Å². The summed E-state index contributed by atoms with van der Waals surface area (Å²) in [5.74, 6) is -0.722. The fourth-order valence-corrected chi connectivity index (χ4v) is 0.205. The van der Waals surface area contributed by atoms with E-state index in [4.69, 9.17) is 5.21 Å². The molecule has 0 unspecified atom stereocenters. The fourth-order valence-electron chi connectivity index (χ4n) is 0.205. The van der Waals surface area contributed by atoms with Crippen molar-refractivity contribution in [3.8, 4) is 0 Å². The number of halogens is 1. The van der Waals surface area contributed by atoms with Crippen LogP contribution in [0.25, 0.3) is 0 Å². The molecule has 0 bridgehead atoms. The highest BCUT2D eigenvalue weighted by molar-refractivity contribution is 5.00. The summed E-state index contributed by atoms with van der Waals surface area (Å²) in [5.41, 5.74) is 0. The maximum Gasteiger partial charge on any atom is 0.212 e. The molecule has 0 rings (SSSR count). The second-order valence-corrected chi connectivity index (χ2v) is 1.25. The van der Waals surface area contributed by atoms with Gasteiger partial charge in [-0.1, -0.05) is 12.7 Å². The van der Waals surface area contributed by atoms with E-state index < -0.39 is 5.95 Å². The van der Waals surface area contributed by atoms with Crippen LogP contribution in [0.5, 0.6) is 0 Å². The number of allylic oxidation sites excluding steroid dienone is 2. The van der Waals surface area contributed by atoms with Crippen molar-refractivity contribution in [3.63, 3.8) is 0 Å². The third-order valence-electron chi connectivity index (χ3n) is 0.565. The van der Waals surface area contributed by atoms with E-state index in [9.17, 15) is 4.39 Å². The molecule has 3 heteroatoms. The molecule has 0 aromatic rings. The van der Waals surface area contributed by atoms with E-state index in [2.05, 4.69) is 6.58 Å². The number of hydroxylamine groups is 2. The molecule has 0 aliphatic heterocycles. The summed E-state index contributed by atoms with van der Waals surface area (Å²) < 4.78 is 12.0. The van der Waals surface area contributed by atoms with E-state index in [1.807, 2.05) is 0 Å². The minimum absolute atomic E-state index is 0.377. The van der Waals surface area contributed by atoms with Crippen molar-refractivity contribution in [2.75, 3.05) is 7.05 Å². The molecule has 0 heterocycles. The van der Waals surface area contributed by atoms with Gasteiger partial charge in [-0.3, -0.25) is 5.21 Å². The van der Waals surface area contributed by atoms with Crippen molar-refractivity contribution >= 4 is 0 Å². The molecule has 0 spiro atoms. The van der Waals surface area contributed by atoms with Gasteiger partial charge in [0.2, 0.25) is 5.95 Å². The Morgan fingerprint density at radius 3 is 2.50 bits per heavy atom. The van der Waals surface area contributed by atoms with Gasteiger partial charge in [0.25, 0.3) is 0 Å². The van der Waals surface area contributed by atoms with Crippen molar-refractivity contribution in [3.05, 3.63) is 24.7 Å². The maximum atomic E-state index is 12.0. The van der Waals surface area contributed by atoms with Crippen molar-refractivity contribution < 1.29 is 9.60 Å². The summed E-state index contributed by atoms with van der Waals surface area (Å²) >= 11 is 0. The standard InChI is InChI=1S/C5H8FNO/c1-3-4-5(6)7(2)8/h3-4,8H,1H2,2H3/b5-4-. The Morgan fingerprint density at radius 1 is 1.88 bits per heavy atom. The number of hydrogen-bond acceptors (Lipinski definition) is 2. The van der Waals surface area contributed by atoms with Crippen molar-refractivity contribution in [2.45, 2.75) is 0 Å². The van der Waals surface area contributed by atoms with Crippen LogP contribution in [0.2, 0.25) is 0 Å². The Morgan fingerprint density at radius 2 is 2.38 bits per heavy atom. The molecule has 8 heavy (non-hydrogen) atoms. The van der Waals surface area contributed by atoms with Crippen LogP contribution in [0.15, 0.2) is 24.7 Å². The van der Waals surface area contributed by atoms with Gasteiger partial charge in [0.1, 0.15) is 0 Å². The molecule has 0 atom stereocenters. The van der Waals surface area contributed by atoms with Gasteiger partial charge in [-0.25, -0.2) is 5.06 Å². The minimum Gasteiger partial charge on any atom is -0.287 e. The van der Waals surface area contributed by atoms with Crippen LogP contribution in [-0.4, -0.2) is 17.3 Å². The molecule has 46 valence electrons. The quantitative estimate of drug-likeness (QED) is 0.335. The lowest BCUT2D eigenvalue weighted by atomic mass is 10.6. The first kappa shape index (κ1) is 7.17. The zero-order valence-electron chi connectivity index (χ0n) is 4.63. The van der Waals surface area contributed by atoms with Crippen molar-refractivity contribution in [2.24, 2.45) is 0 Å². The highest BCUT2D eigenvalue weighted by atomic mass is 19.1. The van der Waals surface area contributed by atoms with Gasteiger partial charge in [-0.05, 0) is 6.08 Å². The molecule has 0 aliphatic carbocycles. The summed E-state index contributed by atoms with van der Waals surface area (Å²) in [7, 11) is 1.19. The van der Waals surface area contributed by atoms with Gasteiger partial charge in [0.05, 0.1) is 0 Å². The lowest BCUT2D eigenvalue weighted by Crippen LogP contribution is -2.07. The highest BCUT2D eigenvalue weighted by Gasteiger charge is 1.92. The smallest absolute Gasteiger partial charge is 0.212 e. The second kappa shape index (κ2) is 3.21. The van der Waals surface area contributed by atoms with Crippen molar-refractivity contribution in [1.29, 1.82) is 0 Å². The van der Waals surface area contributed by atoms with Gasteiger partial charge in [0, 0.05) is 7.05 Å². The van der Waals surface area contributed by atoms with Crippen LogP contribution in [0, 0.1) is 0 Å². The first-order valence-corrected chi connectivity index (χ1v) is 2.09. The van der Waals surface area contributed by atoms with E-state index in [0.29, 0.717) is 5.06 Å². The molecule has 0 radical (unpaired) electrons. The van der Waals surface area contributed by atoms with Gasteiger partial charge in [0.15, 0.2) is 0 Å². The maximum absolute atomic E-state index is 12.0. The van der Waals surface area contributed by atoms with Gasteiger partial charge in [-0.15, -0.1) is 0 Å². The molecule has 2 nitrogen and oxygen atoms in total. The van der Waals surface area contributed by atoms with E-state index in [0.717, 1.165) is 6.08 Å². The summed E-state index contributed by atoms with van der Waals surface area (Å²) in [6.45, 7) is 3.23. The number of hydrogen-bond donors (Lipinski definition) is 1. The third kappa shape index (κ3) is 2.36. The Bertz CT molecular complexity index is 109. The third-order valence-corrected chi connectivity index (χ3v) is 0.565. The molecular weight excluding hydrogens is 109 g/mol. The second-order valence-electron chi connectivity index (χ2n) is 1.25. The molecule has 0 aliphatic rings. The molecule has 0 amide bonds. The Balaban J connectivity index is 3.78. The van der Waals surface area contributed by atoms with Crippen LogP contribution in [0.1, 0.15) is 0 Å². The molecule has 0 aromatic carbocycles. The van der Waals surface area contributed by atoms with E-state index >= 15 is 0 Å². The first-order valence-electron chi connectivity index (χ1n) is 2.09. The average molecular weight is 117 g/mol. The highest BCUT2D eigenvalue weighted by Crippen LogP contribution is 1.97. The van der Waals surface area contributed by atoms with Gasteiger partial charge in [-0.2, -0.15) is 4.39 Å². The monoisotopic (exact) mass is 117 g/mol. The average Bonchev–Trinajstić information content (AvgIpc) is 1.67. The van der Waals surface area contributed by atoms with E-state index in [1.165, 1.54) is 13.1 Å². The first-order chi connectivity index (χ1) is 3.68. The summed E-state index contributed by atoms with van der Waals surface area (Å²) in [6, 6.07) is 0. The minimum atomic E-state index is -0.722. The normalized spacial score (nSPS) is 11.1. The van der Waals surface area contributed by atoms with E-state index in [-0.39, 0.29) is 0 Å². The van der Waals surface area contributed by atoms with Gasteiger partial charge < -0.3 is 0 Å². The summed E-state index contributed by atoms with van der Waals surface area (Å²) in [4.78, 5) is 0. The van der Waals surface area contributed by atoms with E-state index in [1.54, 1.807) is 0 Å². The lowest BCUT2D eigenvalue weighted by molar-refractivity contribution is -0.0512. The zero-order chi connectivity index (χ0) is 6.57. The fraction of sp³-hybridized carbons (Fsp3) is 0.200. The lowest BCUT2D eigenvalue weighted by Gasteiger charge is -2.03. The predicted molar refractivity (Wildman–Crippen MR) is 28.9 cm³/mol. The zero-order valence-corrected chi connectivity index (χ0v) is 4.63. The molecule has 0 saturated carbocycles. The van der Waals surface area contributed by atoms with Gasteiger partial charge >= 0.3 is 0 Å². The summed E-state index contributed by atoms with van der Waals surface area (Å²) in [6.07, 6.45) is 2.31. The Hall–Kier alpha value is -0.830. The van der Waals surface area contributed by atoms with Crippen LogP contribution in [0.3, 0.4) is 0 Å². The van der Waals surface area contributed by atoms with Crippen LogP contribution >= 0.6 is 0 Å². The molecule has 0 fully saturated rings. The Labute approximate surface area is 47.5 Å². The molecule has 0 saturated heterocycles. The summed E-state index contributed by atoms with van der Waals surface area (Å²) in [5, 5.41) is 8.67. The Kier molecular flexibility index (Phi) is 2.88.